The summed E-state index contributed by atoms with van der Waals surface area (Å²) in [5, 5.41) is 10.5. The van der Waals surface area contributed by atoms with Gasteiger partial charge in [-0.15, -0.1) is 0 Å². The standard InChI is InChI=1S/C18H17N3O4S/c1-12(2)19-7-6-14(10-19)9-16-17(22)20(18(23)26-16)11-13-4-3-5-15(8-13)21(24)25/h3-10,12H,11H2,1-2H3/b16-9+. The Kier molecular flexibility index (Phi) is 4.94. The predicted molar refractivity (Wildman–Crippen MR) is 99.4 cm³/mol. The van der Waals surface area contributed by atoms with Crippen molar-refractivity contribution >= 4 is 34.7 Å². The van der Waals surface area contributed by atoms with Crippen molar-refractivity contribution < 1.29 is 14.5 Å². The first-order valence-corrected chi connectivity index (χ1v) is 8.83. The molecule has 0 N–H and O–H groups in total. The molecule has 3 rings (SSSR count). The van der Waals surface area contributed by atoms with Gasteiger partial charge in [0.2, 0.25) is 0 Å². The predicted octanol–water partition coefficient (Wildman–Crippen LogP) is 4.21. The summed E-state index contributed by atoms with van der Waals surface area (Å²) in [6.07, 6.45) is 5.53. The van der Waals surface area contributed by atoms with Gasteiger partial charge in [0.1, 0.15) is 0 Å². The lowest BCUT2D eigenvalue weighted by atomic mass is 10.2. The molecular weight excluding hydrogens is 354 g/mol. The molecule has 0 saturated carbocycles. The molecule has 2 heterocycles. The lowest BCUT2D eigenvalue weighted by Crippen LogP contribution is -2.27. The van der Waals surface area contributed by atoms with Crippen molar-refractivity contribution in [2.45, 2.75) is 26.4 Å². The smallest absolute Gasteiger partial charge is 0.293 e. The van der Waals surface area contributed by atoms with Crippen LogP contribution in [0.15, 0.2) is 47.6 Å². The zero-order valence-electron chi connectivity index (χ0n) is 14.3. The first-order chi connectivity index (χ1) is 12.3. The van der Waals surface area contributed by atoms with Crippen molar-refractivity contribution in [1.82, 2.24) is 9.47 Å². The number of carbonyl (C=O) groups is 2. The molecule has 1 fully saturated rings. The van der Waals surface area contributed by atoms with Crippen LogP contribution in [0.25, 0.3) is 6.08 Å². The fourth-order valence-corrected chi connectivity index (χ4v) is 3.41. The zero-order chi connectivity index (χ0) is 18.8. The van der Waals surface area contributed by atoms with Crippen molar-refractivity contribution in [2.75, 3.05) is 0 Å². The van der Waals surface area contributed by atoms with E-state index >= 15 is 0 Å². The van der Waals surface area contributed by atoms with Gasteiger partial charge < -0.3 is 4.57 Å². The van der Waals surface area contributed by atoms with Crippen molar-refractivity contribution in [3.05, 3.63) is 68.9 Å². The molecular formula is C18H17N3O4S. The topological polar surface area (TPSA) is 85.4 Å². The van der Waals surface area contributed by atoms with Gasteiger partial charge in [0.15, 0.2) is 0 Å². The Hall–Kier alpha value is -2.87. The number of aromatic nitrogens is 1. The van der Waals surface area contributed by atoms with Crippen LogP contribution in [0.3, 0.4) is 0 Å². The van der Waals surface area contributed by atoms with Crippen molar-refractivity contribution in [1.29, 1.82) is 0 Å². The number of carbonyl (C=O) groups excluding carboxylic acids is 2. The van der Waals surface area contributed by atoms with Crippen LogP contribution in [-0.2, 0) is 11.3 Å². The summed E-state index contributed by atoms with van der Waals surface area (Å²) in [4.78, 5) is 36.6. The van der Waals surface area contributed by atoms with E-state index in [2.05, 4.69) is 13.8 Å². The number of amides is 2. The van der Waals surface area contributed by atoms with Crippen LogP contribution in [0.2, 0.25) is 0 Å². The summed E-state index contributed by atoms with van der Waals surface area (Å²) < 4.78 is 2.01. The van der Waals surface area contributed by atoms with Gasteiger partial charge in [0.25, 0.3) is 16.8 Å². The highest BCUT2D eigenvalue weighted by molar-refractivity contribution is 8.18. The van der Waals surface area contributed by atoms with E-state index in [9.17, 15) is 19.7 Å². The summed E-state index contributed by atoms with van der Waals surface area (Å²) >= 11 is 0.879. The second-order valence-electron chi connectivity index (χ2n) is 6.18. The minimum absolute atomic E-state index is 0.0106. The Bertz CT molecular complexity index is 917. The van der Waals surface area contributed by atoms with Gasteiger partial charge in [-0.3, -0.25) is 24.6 Å². The number of nitro benzene ring substituents is 1. The molecule has 1 aliphatic rings. The number of thioether (sulfide) groups is 1. The van der Waals surface area contributed by atoms with Crippen LogP contribution in [0.5, 0.6) is 0 Å². The van der Waals surface area contributed by atoms with Crippen LogP contribution in [0, 0.1) is 10.1 Å². The number of nitrogens with zero attached hydrogens (tertiary/aromatic N) is 3. The Labute approximate surface area is 154 Å². The fourth-order valence-electron chi connectivity index (χ4n) is 2.58. The van der Waals surface area contributed by atoms with E-state index in [1.807, 2.05) is 23.0 Å². The molecule has 1 aliphatic heterocycles. The molecule has 0 bridgehead atoms. The van der Waals surface area contributed by atoms with Gasteiger partial charge in [-0.2, -0.15) is 0 Å². The number of rotatable bonds is 5. The van der Waals surface area contributed by atoms with Crippen LogP contribution < -0.4 is 0 Å². The number of non-ortho nitro benzene ring substituents is 1. The Morgan fingerprint density at radius 2 is 2.04 bits per heavy atom. The van der Waals surface area contributed by atoms with Crippen LogP contribution in [-0.4, -0.2) is 25.5 Å². The Balaban J connectivity index is 1.79. The quantitative estimate of drug-likeness (QED) is 0.446. The largest absolute Gasteiger partial charge is 0.351 e. The van der Waals surface area contributed by atoms with E-state index in [-0.39, 0.29) is 23.4 Å². The molecule has 2 aromatic rings. The fraction of sp³-hybridized carbons (Fsp3) is 0.222. The minimum Gasteiger partial charge on any atom is -0.351 e. The van der Waals surface area contributed by atoms with Gasteiger partial charge in [-0.05, 0) is 48.9 Å². The second kappa shape index (κ2) is 7.17. The van der Waals surface area contributed by atoms with Gasteiger partial charge >= 0.3 is 0 Å². The van der Waals surface area contributed by atoms with Gasteiger partial charge in [0.05, 0.1) is 16.4 Å². The monoisotopic (exact) mass is 371 g/mol. The van der Waals surface area contributed by atoms with Gasteiger partial charge in [-0.1, -0.05) is 12.1 Å². The maximum atomic E-state index is 12.6. The molecule has 0 aliphatic carbocycles. The number of imide groups is 1. The summed E-state index contributed by atoms with van der Waals surface area (Å²) in [6.45, 7) is 4.12. The lowest BCUT2D eigenvalue weighted by molar-refractivity contribution is -0.384. The maximum absolute atomic E-state index is 12.6. The first kappa shape index (κ1) is 17.9. The molecule has 2 amide bonds. The molecule has 0 spiro atoms. The Morgan fingerprint density at radius 1 is 1.27 bits per heavy atom. The van der Waals surface area contributed by atoms with E-state index in [0.29, 0.717) is 16.5 Å². The summed E-state index contributed by atoms with van der Waals surface area (Å²) in [5.74, 6) is -0.385. The molecule has 1 aromatic carbocycles. The lowest BCUT2D eigenvalue weighted by Gasteiger charge is -2.12. The van der Waals surface area contributed by atoms with E-state index in [0.717, 1.165) is 22.2 Å². The number of hydrogen-bond acceptors (Lipinski definition) is 5. The molecule has 134 valence electrons. The number of benzene rings is 1. The second-order valence-corrected chi connectivity index (χ2v) is 7.17. The van der Waals surface area contributed by atoms with Crippen molar-refractivity contribution in [3.8, 4) is 0 Å². The van der Waals surface area contributed by atoms with Crippen molar-refractivity contribution in [3.63, 3.8) is 0 Å². The first-order valence-electron chi connectivity index (χ1n) is 8.01. The third-order valence-electron chi connectivity index (χ3n) is 3.97. The molecule has 8 heteroatoms. The highest BCUT2D eigenvalue weighted by Crippen LogP contribution is 2.33. The highest BCUT2D eigenvalue weighted by atomic mass is 32.2. The van der Waals surface area contributed by atoms with E-state index < -0.39 is 4.92 Å². The molecule has 1 aromatic heterocycles. The molecule has 0 atom stereocenters. The van der Waals surface area contributed by atoms with Crippen LogP contribution in [0.4, 0.5) is 10.5 Å². The number of nitro groups is 1. The summed E-state index contributed by atoms with van der Waals surface area (Å²) in [5.41, 5.74) is 1.31. The average Bonchev–Trinajstić information content (AvgIpc) is 3.16. The van der Waals surface area contributed by atoms with Gasteiger partial charge in [-0.25, -0.2) is 0 Å². The van der Waals surface area contributed by atoms with Gasteiger partial charge in [0, 0.05) is 30.6 Å². The van der Waals surface area contributed by atoms with Crippen LogP contribution >= 0.6 is 11.8 Å². The Morgan fingerprint density at radius 3 is 2.69 bits per heavy atom. The zero-order valence-corrected chi connectivity index (χ0v) is 15.1. The van der Waals surface area contributed by atoms with Crippen LogP contribution in [0.1, 0.15) is 31.0 Å². The molecule has 0 unspecified atom stereocenters. The molecule has 7 nitrogen and oxygen atoms in total. The maximum Gasteiger partial charge on any atom is 0.293 e. The number of hydrogen-bond donors (Lipinski definition) is 0. The SMILES string of the molecule is CC(C)n1ccc(/C=C2/SC(=O)N(Cc3cccc([N+](=O)[O-])c3)C2=O)c1. The average molecular weight is 371 g/mol. The normalized spacial score (nSPS) is 16.1. The summed E-state index contributed by atoms with van der Waals surface area (Å²) in [6, 6.07) is 8.13. The summed E-state index contributed by atoms with van der Waals surface area (Å²) in [7, 11) is 0. The molecule has 0 radical (unpaired) electrons. The highest BCUT2D eigenvalue weighted by Gasteiger charge is 2.35. The third-order valence-corrected chi connectivity index (χ3v) is 4.87. The third kappa shape index (κ3) is 3.70. The molecule has 1 saturated heterocycles. The van der Waals surface area contributed by atoms with E-state index in [4.69, 9.17) is 0 Å². The van der Waals surface area contributed by atoms with E-state index in [1.54, 1.807) is 12.1 Å². The minimum atomic E-state index is -0.503. The van der Waals surface area contributed by atoms with E-state index in [1.165, 1.54) is 18.2 Å². The molecule has 26 heavy (non-hydrogen) atoms. The van der Waals surface area contributed by atoms with Crippen molar-refractivity contribution in [2.24, 2.45) is 0 Å².